The van der Waals surface area contributed by atoms with Crippen molar-refractivity contribution in [3.8, 4) is 5.75 Å². The summed E-state index contributed by atoms with van der Waals surface area (Å²) in [7, 11) is -3.26. The molecule has 1 aromatic rings. The Kier molecular flexibility index (Phi) is 6.34. The summed E-state index contributed by atoms with van der Waals surface area (Å²) < 4.78 is 32.2. The molecule has 1 amide bonds. The van der Waals surface area contributed by atoms with E-state index < -0.39 is 10.0 Å². The number of hydrogen-bond acceptors (Lipinski definition) is 4. The molecule has 28 heavy (non-hydrogen) atoms. The van der Waals surface area contributed by atoms with Crippen LogP contribution in [0.2, 0.25) is 0 Å². The van der Waals surface area contributed by atoms with Crippen molar-refractivity contribution in [2.75, 3.05) is 18.8 Å². The molecule has 156 valence electrons. The van der Waals surface area contributed by atoms with Gasteiger partial charge in [-0.2, -0.15) is 0 Å². The molecule has 0 aromatic heterocycles. The van der Waals surface area contributed by atoms with Gasteiger partial charge >= 0.3 is 0 Å². The second-order valence-electron chi connectivity index (χ2n) is 7.89. The number of fused-ring (bicyclic) bond motifs is 1. The highest BCUT2D eigenvalue weighted by atomic mass is 32.2. The van der Waals surface area contributed by atoms with E-state index in [1.54, 1.807) is 6.92 Å². The summed E-state index contributed by atoms with van der Waals surface area (Å²) in [6.07, 6.45) is 3.91. The van der Waals surface area contributed by atoms with Crippen molar-refractivity contribution in [3.05, 3.63) is 29.8 Å². The molecule has 3 rings (SSSR count). The van der Waals surface area contributed by atoms with Crippen LogP contribution < -0.4 is 10.1 Å². The van der Waals surface area contributed by atoms with Gasteiger partial charge in [-0.3, -0.25) is 4.79 Å². The standard InChI is InChI=1S/C21H32N2O4S/c1-4-21(5-2)14-18(17-11-7-8-12-19(17)27-21)22-20(24)16-10-9-13-23(15-16)28(25,26)6-3/h7-8,11-12,16,18H,4-6,9-10,13-15H2,1-3H3,(H,22,24)/t16-,18-/m1/s1. The summed E-state index contributed by atoms with van der Waals surface area (Å²) in [6, 6.07) is 7.76. The molecule has 0 radical (unpaired) electrons. The lowest BCUT2D eigenvalue weighted by molar-refractivity contribution is -0.127. The maximum absolute atomic E-state index is 13.1. The number of benzene rings is 1. The summed E-state index contributed by atoms with van der Waals surface area (Å²) >= 11 is 0. The van der Waals surface area contributed by atoms with E-state index in [-0.39, 0.29) is 35.8 Å². The number of nitrogens with zero attached hydrogens (tertiary/aromatic N) is 1. The zero-order valence-electron chi connectivity index (χ0n) is 17.1. The lowest BCUT2D eigenvalue weighted by atomic mass is 9.83. The van der Waals surface area contributed by atoms with Crippen molar-refractivity contribution in [1.29, 1.82) is 0 Å². The van der Waals surface area contributed by atoms with E-state index in [0.29, 0.717) is 6.54 Å². The predicted octanol–water partition coefficient (Wildman–Crippen LogP) is 3.25. The molecule has 2 atom stereocenters. The van der Waals surface area contributed by atoms with Gasteiger partial charge in [0.05, 0.1) is 17.7 Å². The largest absolute Gasteiger partial charge is 0.487 e. The topological polar surface area (TPSA) is 75.7 Å². The van der Waals surface area contributed by atoms with Crippen molar-refractivity contribution in [2.45, 2.75) is 64.5 Å². The van der Waals surface area contributed by atoms with Gasteiger partial charge in [-0.05, 0) is 38.7 Å². The Hall–Kier alpha value is -1.60. The minimum absolute atomic E-state index is 0.0567. The van der Waals surface area contributed by atoms with Crippen molar-refractivity contribution >= 4 is 15.9 Å². The number of carbonyl (C=O) groups is 1. The smallest absolute Gasteiger partial charge is 0.224 e. The lowest BCUT2D eigenvalue weighted by Crippen LogP contribution is -2.49. The number of sulfonamides is 1. The molecule has 0 unspecified atom stereocenters. The second kappa shape index (κ2) is 8.41. The fourth-order valence-electron chi connectivity index (χ4n) is 4.31. The van der Waals surface area contributed by atoms with Gasteiger partial charge < -0.3 is 10.1 Å². The Morgan fingerprint density at radius 1 is 1.25 bits per heavy atom. The molecule has 1 N–H and O–H groups in total. The number of ether oxygens (including phenoxy) is 1. The summed E-state index contributed by atoms with van der Waals surface area (Å²) in [5, 5.41) is 3.22. The lowest BCUT2D eigenvalue weighted by Gasteiger charge is -2.42. The van der Waals surface area contributed by atoms with Crippen LogP contribution in [0.25, 0.3) is 0 Å². The first-order chi connectivity index (χ1) is 13.3. The quantitative estimate of drug-likeness (QED) is 0.784. The van der Waals surface area contributed by atoms with Gasteiger partial charge in [0.15, 0.2) is 0 Å². The van der Waals surface area contributed by atoms with Crippen LogP contribution in [-0.4, -0.2) is 43.1 Å². The molecule has 0 bridgehead atoms. The van der Waals surface area contributed by atoms with Gasteiger partial charge in [-0.1, -0.05) is 32.0 Å². The molecule has 2 heterocycles. The monoisotopic (exact) mass is 408 g/mol. The van der Waals surface area contributed by atoms with Gasteiger partial charge in [-0.15, -0.1) is 0 Å². The normalized spacial score (nSPS) is 24.8. The van der Waals surface area contributed by atoms with E-state index >= 15 is 0 Å². The van der Waals surface area contributed by atoms with E-state index in [0.717, 1.165) is 43.4 Å². The fourth-order valence-corrected chi connectivity index (χ4v) is 5.49. The van der Waals surface area contributed by atoms with E-state index in [9.17, 15) is 13.2 Å². The van der Waals surface area contributed by atoms with Gasteiger partial charge in [-0.25, -0.2) is 12.7 Å². The number of rotatable bonds is 6. The molecule has 7 heteroatoms. The van der Waals surface area contributed by atoms with E-state index in [1.165, 1.54) is 4.31 Å². The SMILES string of the molecule is CCC1(CC)C[C@@H](NC(=O)[C@@H]2CCCN(S(=O)(=O)CC)C2)c2ccccc2O1. The van der Waals surface area contributed by atoms with Gasteiger partial charge in [0.1, 0.15) is 11.4 Å². The van der Waals surface area contributed by atoms with Gasteiger partial charge in [0, 0.05) is 25.1 Å². The van der Waals surface area contributed by atoms with Crippen molar-refractivity contribution in [3.63, 3.8) is 0 Å². The van der Waals surface area contributed by atoms with Crippen LogP contribution in [0.1, 0.15) is 64.5 Å². The average Bonchev–Trinajstić information content (AvgIpc) is 2.73. The summed E-state index contributed by atoms with van der Waals surface area (Å²) in [5.41, 5.74) is 0.721. The van der Waals surface area contributed by atoms with Crippen LogP contribution in [0, 0.1) is 5.92 Å². The summed E-state index contributed by atoms with van der Waals surface area (Å²) in [6.45, 7) is 6.66. The molecule has 1 aromatic carbocycles. The molecule has 6 nitrogen and oxygen atoms in total. The molecule has 0 aliphatic carbocycles. The minimum atomic E-state index is -3.26. The number of hydrogen-bond donors (Lipinski definition) is 1. The van der Waals surface area contributed by atoms with Crippen LogP contribution in [0.15, 0.2) is 24.3 Å². The summed E-state index contributed by atoms with van der Waals surface area (Å²) in [4.78, 5) is 13.1. The average molecular weight is 409 g/mol. The third-order valence-corrected chi connectivity index (χ3v) is 8.16. The van der Waals surface area contributed by atoms with E-state index in [1.807, 2.05) is 24.3 Å². The van der Waals surface area contributed by atoms with Crippen LogP contribution in [0.4, 0.5) is 0 Å². The highest BCUT2D eigenvalue weighted by Gasteiger charge is 2.40. The third-order valence-electron chi connectivity index (χ3n) is 6.32. The Morgan fingerprint density at radius 3 is 2.64 bits per heavy atom. The molecular formula is C21H32N2O4S. The number of carbonyl (C=O) groups excluding carboxylic acids is 1. The predicted molar refractivity (Wildman–Crippen MR) is 110 cm³/mol. The fraction of sp³-hybridized carbons (Fsp3) is 0.667. The molecule has 1 fully saturated rings. The van der Waals surface area contributed by atoms with Crippen molar-refractivity contribution in [1.82, 2.24) is 9.62 Å². The highest BCUT2D eigenvalue weighted by Crippen LogP contribution is 2.42. The van der Waals surface area contributed by atoms with Gasteiger partial charge in [0.2, 0.25) is 15.9 Å². The summed E-state index contributed by atoms with van der Waals surface area (Å²) in [5.74, 6) is 0.549. The van der Waals surface area contributed by atoms with E-state index in [4.69, 9.17) is 4.74 Å². The number of piperidine rings is 1. The number of amides is 1. The van der Waals surface area contributed by atoms with Crippen molar-refractivity contribution in [2.24, 2.45) is 5.92 Å². The van der Waals surface area contributed by atoms with Crippen molar-refractivity contribution < 1.29 is 17.9 Å². The Morgan fingerprint density at radius 2 is 1.96 bits per heavy atom. The zero-order valence-corrected chi connectivity index (χ0v) is 17.9. The highest BCUT2D eigenvalue weighted by molar-refractivity contribution is 7.89. The first-order valence-corrected chi connectivity index (χ1v) is 12.0. The molecule has 2 aliphatic rings. The van der Waals surface area contributed by atoms with Crippen LogP contribution in [0.5, 0.6) is 5.75 Å². The van der Waals surface area contributed by atoms with Gasteiger partial charge in [0.25, 0.3) is 0 Å². The van der Waals surface area contributed by atoms with E-state index in [2.05, 4.69) is 19.2 Å². The minimum Gasteiger partial charge on any atom is -0.487 e. The Labute approximate surface area is 168 Å². The molecular weight excluding hydrogens is 376 g/mol. The molecule has 0 spiro atoms. The maximum Gasteiger partial charge on any atom is 0.224 e. The number of para-hydroxylation sites is 1. The first-order valence-electron chi connectivity index (χ1n) is 10.4. The number of nitrogens with one attached hydrogen (secondary N) is 1. The first kappa shape index (κ1) is 21.1. The molecule has 2 aliphatic heterocycles. The van der Waals surface area contributed by atoms with Crippen LogP contribution in [-0.2, 0) is 14.8 Å². The Balaban J connectivity index is 1.77. The van der Waals surface area contributed by atoms with Crippen LogP contribution >= 0.6 is 0 Å². The maximum atomic E-state index is 13.1. The molecule has 0 saturated carbocycles. The van der Waals surface area contributed by atoms with Crippen LogP contribution in [0.3, 0.4) is 0 Å². The second-order valence-corrected chi connectivity index (χ2v) is 10.2. The molecule has 1 saturated heterocycles. The zero-order chi connectivity index (χ0) is 20.4. The Bertz CT molecular complexity index is 804. The third kappa shape index (κ3) is 4.20.